The van der Waals surface area contributed by atoms with Gasteiger partial charge in [0.2, 0.25) is 0 Å². The van der Waals surface area contributed by atoms with Crippen molar-refractivity contribution in [3.63, 3.8) is 0 Å². The van der Waals surface area contributed by atoms with Gasteiger partial charge in [0, 0.05) is 0 Å². The molecule has 1 unspecified atom stereocenters. The van der Waals surface area contributed by atoms with Crippen LogP contribution in [0.15, 0.2) is 89.6 Å². The SMILES string of the molecule is CCOC(=O)C1(c2ccc(-c3ccc(-c4cscc4C(O)CCCc4ccccc4)cc3)cc2)CC1. The summed E-state index contributed by atoms with van der Waals surface area (Å²) in [5.41, 5.74) is 7.42. The first-order valence-corrected chi connectivity index (χ1v) is 13.7. The van der Waals surface area contributed by atoms with Gasteiger partial charge in [-0.15, -0.1) is 0 Å². The maximum Gasteiger partial charge on any atom is 0.316 e. The minimum absolute atomic E-state index is 0.101. The summed E-state index contributed by atoms with van der Waals surface area (Å²) in [5, 5.41) is 15.1. The Labute approximate surface area is 217 Å². The molecule has 0 saturated heterocycles. The second-order valence-electron chi connectivity index (χ2n) is 9.59. The molecule has 1 atom stereocenters. The highest BCUT2D eigenvalue weighted by Gasteiger charge is 2.52. The Morgan fingerprint density at radius 2 is 1.56 bits per heavy atom. The maximum absolute atomic E-state index is 12.4. The van der Waals surface area contributed by atoms with E-state index in [0.29, 0.717) is 6.61 Å². The van der Waals surface area contributed by atoms with Crippen molar-refractivity contribution < 1.29 is 14.6 Å². The summed E-state index contributed by atoms with van der Waals surface area (Å²) in [6, 6.07) is 27.3. The van der Waals surface area contributed by atoms with Gasteiger partial charge in [-0.05, 0) is 88.7 Å². The lowest BCUT2D eigenvalue weighted by Gasteiger charge is -2.15. The number of hydrogen-bond acceptors (Lipinski definition) is 4. The van der Waals surface area contributed by atoms with Crippen LogP contribution >= 0.6 is 11.3 Å². The van der Waals surface area contributed by atoms with Crippen LogP contribution in [0.4, 0.5) is 0 Å². The third kappa shape index (κ3) is 5.16. The highest BCUT2D eigenvalue weighted by Crippen LogP contribution is 2.49. The molecular weight excluding hydrogens is 464 g/mol. The zero-order valence-electron chi connectivity index (χ0n) is 20.7. The van der Waals surface area contributed by atoms with Gasteiger partial charge in [0.25, 0.3) is 0 Å². The van der Waals surface area contributed by atoms with E-state index in [4.69, 9.17) is 4.74 Å². The molecule has 1 aromatic heterocycles. The average Bonchev–Trinajstić information content (AvgIpc) is 3.59. The zero-order valence-corrected chi connectivity index (χ0v) is 21.5. The maximum atomic E-state index is 12.4. The van der Waals surface area contributed by atoms with Crippen molar-refractivity contribution in [2.24, 2.45) is 0 Å². The third-order valence-electron chi connectivity index (χ3n) is 7.22. The van der Waals surface area contributed by atoms with Crippen molar-refractivity contribution in [1.82, 2.24) is 0 Å². The fourth-order valence-corrected chi connectivity index (χ4v) is 5.84. The van der Waals surface area contributed by atoms with Crippen molar-refractivity contribution in [3.05, 3.63) is 106 Å². The number of rotatable bonds is 10. The van der Waals surface area contributed by atoms with Crippen LogP contribution in [0, 0.1) is 0 Å². The van der Waals surface area contributed by atoms with Crippen molar-refractivity contribution in [2.75, 3.05) is 6.61 Å². The average molecular weight is 497 g/mol. The molecule has 1 saturated carbocycles. The van der Waals surface area contributed by atoms with Crippen molar-refractivity contribution in [2.45, 2.75) is 50.5 Å². The highest BCUT2D eigenvalue weighted by molar-refractivity contribution is 7.08. The van der Waals surface area contributed by atoms with E-state index in [-0.39, 0.29) is 5.97 Å². The molecule has 36 heavy (non-hydrogen) atoms. The van der Waals surface area contributed by atoms with Gasteiger partial charge >= 0.3 is 5.97 Å². The molecule has 0 amide bonds. The molecule has 0 spiro atoms. The van der Waals surface area contributed by atoms with E-state index >= 15 is 0 Å². The van der Waals surface area contributed by atoms with Crippen LogP contribution in [0.25, 0.3) is 22.3 Å². The molecule has 0 bridgehead atoms. The molecule has 0 radical (unpaired) electrons. The molecule has 1 aliphatic rings. The normalized spacial score (nSPS) is 14.8. The Hall–Kier alpha value is -3.21. The Kier molecular flexibility index (Phi) is 7.35. The lowest BCUT2D eigenvalue weighted by atomic mass is 9.93. The molecule has 1 aliphatic carbocycles. The van der Waals surface area contributed by atoms with Gasteiger partial charge in [-0.25, -0.2) is 0 Å². The number of carbonyl (C=O) groups is 1. The van der Waals surface area contributed by atoms with Crippen LogP contribution in [-0.2, 0) is 21.4 Å². The van der Waals surface area contributed by atoms with Gasteiger partial charge in [-0.3, -0.25) is 4.79 Å². The molecule has 4 heteroatoms. The lowest BCUT2D eigenvalue weighted by Crippen LogP contribution is -2.23. The number of aryl methyl sites for hydroxylation is 1. The van der Waals surface area contributed by atoms with E-state index in [9.17, 15) is 9.90 Å². The summed E-state index contributed by atoms with van der Waals surface area (Å²) in [7, 11) is 0. The number of thiophene rings is 1. The molecule has 0 aliphatic heterocycles. The number of benzene rings is 3. The number of aliphatic hydroxyl groups is 1. The summed E-state index contributed by atoms with van der Waals surface area (Å²) >= 11 is 1.64. The first-order valence-electron chi connectivity index (χ1n) is 12.8. The lowest BCUT2D eigenvalue weighted by molar-refractivity contribution is -0.146. The Morgan fingerprint density at radius 1 is 0.917 bits per heavy atom. The van der Waals surface area contributed by atoms with Crippen LogP contribution in [0.1, 0.15) is 55.4 Å². The second kappa shape index (κ2) is 10.8. The van der Waals surface area contributed by atoms with Gasteiger partial charge < -0.3 is 9.84 Å². The Balaban J connectivity index is 1.25. The van der Waals surface area contributed by atoms with E-state index < -0.39 is 11.5 Å². The fraction of sp³-hybridized carbons (Fsp3) is 0.281. The van der Waals surface area contributed by atoms with Crippen LogP contribution in [-0.4, -0.2) is 17.7 Å². The zero-order chi connectivity index (χ0) is 25.0. The Bertz CT molecular complexity index is 1290. The Morgan fingerprint density at radius 3 is 2.19 bits per heavy atom. The number of ether oxygens (including phenoxy) is 1. The molecule has 1 N–H and O–H groups in total. The summed E-state index contributed by atoms with van der Waals surface area (Å²) in [4.78, 5) is 12.4. The molecule has 184 valence electrons. The molecule has 5 rings (SSSR count). The van der Waals surface area contributed by atoms with E-state index in [1.807, 2.05) is 13.0 Å². The topological polar surface area (TPSA) is 46.5 Å². The molecular formula is C32H32O3S. The van der Waals surface area contributed by atoms with Gasteiger partial charge in [-0.1, -0.05) is 78.9 Å². The second-order valence-corrected chi connectivity index (χ2v) is 10.3. The van der Waals surface area contributed by atoms with Gasteiger partial charge in [0.05, 0.1) is 18.1 Å². The van der Waals surface area contributed by atoms with Gasteiger partial charge in [0.15, 0.2) is 0 Å². The number of aliphatic hydroxyl groups excluding tert-OH is 1. The third-order valence-corrected chi connectivity index (χ3v) is 7.98. The first kappa shape index (κ1) is 24.5. The summed E-state index contributed by atoms with van der Waals surface area (Å²) in [6.07, 6.45) is 3.94. The van der Waals surface area contributed by atoms with E-state index in [1.165, 1.54) is 5.56 Å². The predicted octanol–water partition coefficient (Wildman–Crippen LogP) is 7.73. The van der Waals surface area contributed by atoms with E-state index in [2.05, 4.69) is 83.6 Å². The minimum Gasteiger partial charge on any atom is -0.465 e. The highest BCUT2D eigenvalue weighted by atomic mass is 32.1. The minimum atomic E-state index is -0.462. The van der Waals surface area contributed by atoms with Gasteiger partial charge in [0.1, 0.15) is 0 Å². The largest absolute Gasteiger partial charge is 0.465 e. The van der Waals surface area contributed by atoms with Crippen LogP contribution < -0.4 is 0 Å². The molecule has 1 heterocycles. The first-order chi connectivity index (χ1) is 17.6. The quantitative estimate of drug-likeness (QED) is 0.229. The van der Waals surface area contributed by atoms with Crippen molar-refractivity contribution >= 4 is 17.3 Å². The number of esters is 1. The van der Waals surface area contributed by atoms with Crippen molar-refractivity contribution in [1.29, 1.82) is 0 Å². The predicted molar refractivity (Wildman–Crippen MR) is 147 cm³/mol. The van der Waals surface area contributed by atoms with Crippen molar-refractivity contribution in [3.8, 4) is 22.3 Å². The summed E-state index contributed by atoms with van der Waals surface area (Å²) in [5.74, 6) is -0.101. The van der Waals surface area contributed by atoms with E-state index in [1.54, 1.807) is 11.3 Å². The smallest absolute Gasteiger partial charge is 0.316 e. The fourth-order valence-electron chi connectivity index (χ4n) is 4.93. The standard InChI is InChI=1S/C32H32O3S/c1-2-35-31(34)32(19-20-32)27-17-15-25(16-18-27)24-11-13-26(14-12-24)28-21-36-22-29(28)30(33)10-6-9-23-7-4-3-5-8-23/h3-5,7-8,11-18,21-22,30,33H,2,6,9-10,19-20H2,1H3. The van der Waals surface area contributed by atoms with Crippen LogP contribution in [0.2, 0.25) is 0 Å². The molecule has 1 fully saturated rings. The van der Waals surface area contributed by atoms with Crippen LogP contribution in [0.3, 0.4) is 0 Å². The monoisotopic (exact) mass is 496 g/mol. The van der Waals surface area contributed by atoms with Crippen LogP contribution in [0.5, 0.6) is 0 Å². The summed E-state index contributed by atoms with van der Waals surface area (Å²) in [6.45, 7) is 2.27. The number of carbonyl (C=O) groups excluding carboxylic acids is 1. The summed E-state index contributed by atoms with van der Waals surface area (Å²) < 4.78 is 5.30. The van der Waals surface area contributed by atoms with E-state index in [0.717, 1.165) is 65.5 Å². The number of hydrogen-bond donors (Lipinski definition) is 1. The molecule has 4 aromatic rings. The molecule has 3 aromatic carbocycles. The van der Waals surface area contributed by atoms with Gasteiger partial charge in [-0.2, -0.15) is 11.3 Å². The molecule has 3 nitrogen and oxygen atoms in total.